The third kappa shape index (κ3) is 4.72. The fraction of sp³-hybridized carbons (Fsp3) is 0.280. The minimum absolute atomic E-state index is 0.340. The normalized spacial score (nSPS) is 16.8. The van der Waals surface area contributed by atoms with Crippen LogP contribution >= 0.6 is 0 Å². The molecule has 0 unspecified atom stereocenters. The average molecular weight is 386 g/mol. The van der Waals surface area contributed by atoms with Crippen molar-refractivity contribution < 1.29 is 9.90 Å². The molecule has 0 spiro atoms. The first-order chi connectivity index (χ1) is 14.1. The summed E-state index contributed by atoms with van der Waals surface area (Å²) in [4.78, 5) is 18.5. The monoisotopic (exact) mass is 386 g/mol. The van der Waals surface area contributed by atoms with E-state index in [4.69, 9.17) is 0 Å². The molecule has 2 heterocycles. The molecule has 29 heavy (non-hydrogen) atoms. The van der Waals surface area contributed by atoms with Gasteiger partial charge in [0.1, 0.15) is 0 Å². The molecule has 1 N–H and O–H groups in total. The molecule has 1 atom stereocenters. The predicted octanol–water partition coefficient (Wildman–Crippen LogP) is 4.82. The lowest BCUT2D eigenvalue weighted by Crippen LogP contribution is -2.20. The van der Waals surface area contributed by atoms with Crippen LogP contribution in [-0.2, 0) is 13.0 Å². The van der Waals surface area contributed by atoms with E-state index in [9.17, 15) is 9.90 Å². The van der Waals surface area contributed by atoms with Crippen LogP contribution in [0.3, 0.4) is 0 Å². The number of hydrogen-bond donors (Lipinski definition) is 1. The van der Waals surface area contributed by atoms with Gasteiger partial charge in [-0.1, -0.05) is 48.5 Å². The molecular weight excluding hydrogens is 360 g/mol. The molecule has 4 nitrogen and oxygen atoms in total. The molecule has 0 amide bonds. The van der Waals surface area contributed by atoms with Gasteiger partial charge >= 0.3 is 5.97 Å². The van der Waals surface area contributed by atoms with Gasteiger partial charge in [0.15, 0.2) is 0 Å². The van der Waals surface area contributed by atoms with Crippen molar-refractivity contribution in [1.29, 1.82) is 0 Å². The Kier molecular flexibility index (Phi) is 5.72. The van der Waals surface area contributed by atoms with Gasteiger partial charge in [-0.2, -0.15) is 0 Å². The van der Waals surface area contributed by atoms with Crippen LogP contribution in [0.5, 0.6) is 0 Å². The van der Waals surface area contributed by atoms with Crippen molar-refractivity contribution in [2.75, 3.05) is 13.1 Å². The lowest BCUT2D eigenvalue weighted by Gasteiger charge is -2.16. The van der Waals surface area contributed by atoms with Crippen LogP contribution in [0.25, 0.3) is 11.1 Å². The quantitative estimate of drug-likeness (QED) is 0.660. The molecule has 2 aromatic carbocycles. The van der Waals surface area contributed by atoms with Crippen LogP contribution in [0, 0.1) is 12.8 Å². The van der Waals surface area contributed by atoms with Gasteiger partial charge in [0.2, 0.25) is 0 Å². The summed E-state index contributed by atoms with van der Waals surface area (Å²) >= 11 is 0. The predicted molar refractivity (Wildman–Crippen MR) is 115 cm³/mol. The molecule has 0 radical (unpaired) electrons. The van der Waals surface area contributed by atoms with E-state index in [0.29, 0.717) is 11.5 Å². The minimum Gasteiger partial charge on any atom is -0.478 e. The molecule has 1 aromatic heterocycles. The standard InChI is InChI=1S/C25H26N2O2/c1-18-6-11-22(26-15-18)14-20-12-13-27(17-20)16-19-7-9-21(10-8-19)23-4-2-3-5-24(23)25(28)29/h2-11,15,20H,12-14,16-17H2,1H3,(H,28,29)/t20-/m1/s1. The molecule has 1 aliphatic heterocycles. The summed E-state index contributed by atoms with van der Waals surface area (Å²) in [5, 5.41) is 9.40. The van der Waals surface area contributed by atoms with Crippen LogP contribution in [0.2, 0.25) is 0 Å². The minimum atomic E-state index is -0.893. The summed E-state index contributed by atoms with van der Waals surface area (Å²) in [5.41, 5.74) is 5.69. The van der Waals surface area contributed by atoms with E-state index < -0.39 is 5.97 Å². The fourth-order valence-electron chi connectivity index (χ4n) is 4.11. The van der Waals surface area contributed by atoms with Crippen LogP contribution in [0.1, 0.15) is 33.6 Å². The summed E-state index contributed by atoms with van der Waals surface area (Å²) in [5.74, 6) is -0.234. The number of aromatic carboxylic acids is 1. The lowest BCUT2D eigenvalue weighted by molar-refractivity contribution is 0.0697. The zero-order chi connectivity index (χ0) is 20.2. The summed E-state index contributed by atoms with van der Waals surface area (Å²) in [6.07, 6.45) is 4.20. The van der Waals surface area contributed by atoms with Gasteiger partial charge in [0.05, 0.1) is 5.56 Å². The Morgan fingerprint density at radius 2 is 1.90 bits per heavy atom. The Morgan fingerprint density at radius 1 is 1.10 bits per heavy atom. The summed E-state index contributed by atoms with van der Waals surface area (Å²) < 4.78 is 0. The van der Waals surface area contributed by atoms with Crippen LogP contribution in [0.4, 0.5) is 0 Å². The number of hydrogen-bond acceptors (Lipinski definition) is 3. The molecular formula is C25H26N2O2. The molecule has 1 saturated heterocycles. The Morgan fingerprint density at radius 3 is 2.62 bits per heavy atom. The van der Waals surface area contributed by atoms with E-state index >= 15 is 0 Å². The third-order valence-corrected chi connectivity index (χ3v) is 5.67. The molecule has 1 aliphatic rings. The van der Waals surface area contributed by atoms with Crippen molar-refractivity contribution >= 4 is 5.97 Å². The number of rotatable bonds is 6. The highest BCUT2D eigenvalue weighted by atomic mass is 16.4. The third-order valence-electron chi connectivity index (χ3n) is 5.67. The molecule has 148 valence electrons. The number of carboxylic acid groups (broad SMARTS) is 1. The lowest BCUT2D eigenvalue weighted by atomic mass is 9.98. The number of aromatic nitrogens is 1. The van der Waals surface area contributed by atoms with Gasteiger partial charge in [0.25, 0.3) is 0 Å². The number of benzene rings is 2. The van der Waals surface area contributed by atoms with E-state index in [1.54, 1.807) is 12.1 Å². The summed E-state index contributed by atoms with van der Waals surface area (Å²) in [6, 6.07) is 19.7. The second-order valence-corrected chi connectivity index (χ2v) is 7.97. The number of carbonyl (C=O) groups is 1. The maximum atomic E-state index is 11.5. The zero-order valence-corrected chi connectivity index (χ0v) is 16.7. The number of carboxylic acids is 1. The average Bonchev–Trinajstić information content (AvgIpc) is 3.17. The van der Waals surface area contributed by atoms with Crippen molar-refractivity contribution in [2.24, 2.45) is 5.92 Å². The van der Waals surface area contributed by atoms with Crippen molar-refractivity contribution in [3.63, 3.8) is 0 Å². The van der Waals surface area contributed by atoms with Gasteiger partial charge in [-0.05, 0) is 66.6 Å². The van der Waals surface area contributed by atoms with Crippen molar-refractivity contribution in [1.82, 2.24) is 9.88 Å². The Bertz CT molecular complexity index is 980. The van der Waals surface area contributed by atoms with Crippen LogP contribution in [0.15, 0.2) is 66.9 Å². The Hall–Kier alpha value is -2.98. The van der Waals surface area contributed by atoms with Gasteiger partial charge < -0.3 is 5.11 Å². The van der Waals surface area contributed by atoms with Gasteiger partial charge in [-0.25, -0.2) is 4.79 Å². The maximum Gasteiger partial charge on any atom is 0.336 e. The fourth-order valence-corrected chi connectivity index (χ4v) is 4.11. The summed E-state index contributed by atoms with van der Waals surface area (Å²) in [7, 11) is 0. The van der Waals surface area contributed by atoms with Crippen molar-refractivity contribution in [3.8, 4) is 11.1 Å². The molecule has 0 bridgehead atoms. The van der Waals surface area contributed by atoms with Gasteiger partial charge in [-0.15, -0.1) is 0 Å². The van der Waals surface area contributed by atoms with E-state index in [-0.39, 0.29) is 0 Å². The first-order valence-electron chi connectivity index (χ1n) is 10.1. The molecule has 0 saturated carbocycles. The van der Waals surface area contributed by atoms with E-state index in [0.717, 1.165) is 37.2 Å². The smallest absolute Gasteiger partial charge is 0.336 e. The molecule has 0 aliphatic carbocycles. The molecule has 1 fully saturated rings. The SMILES string of the molecule is Cc1ccc(C[C@H]2CCN(Cc3ccc(-c4ccccc4C(=O)O)cc3)C2)nc1. The zero-order valence-electron chi connectivity index (χ0n) is 16.7. The largest absolute Gasteiger partial charge is 0.478 e. The van der Waals surface area contributed by atoms with E-state index in [1.807, 2.05) is 30.5 Å². The number of pyridine rings is 1. The number of likely N-dealkylation sites (tertiary alicyclic amines) is 1. The summed E-state index contributed by atoms with van der Waals surface area (Å²) in [6.45, 7) is 5.21. The Labute approximate surface area is 171 Å². The van der Waals surface area contributed by atoms with Crippen molar-refractivity contribution in [3.05, 3.63) is 89.2 Å². The first-order valence-corrected chi connectivity index (χ1v) is 10.1. The highest BCUT2D eigenvalue weighted by molar-refractivity contribution is 5.95. The second kappa shape index (κ2) is 8.58. The van der Waals surface area contributed by atoms with Crippen LogP contribution < -0.4 is 0 Å². The Balaban J connectivity index is 1.37. The second-order valence-electron chi connectivity index (χ2n) is 7.97. The van der Waals surface area contributed by atoms with E-state index in [2.05, 4.69) is 41.1 Å². The van der Waals surface area contributed by atoms with Crippen molar-refractivity contribution in [2.45, 2.75) is 26.3 Å². The number of nitrogens with zero attached hydrogens (tertiary/aromatic N) is 2. The molecule has 3 aromatic rings. The van der Waals surface area contributed by atoms with Gasteiger partial charge in [-0.3, -0.25) is 9.88 Å². The molecule has 4 rings (SSSR count). The topological polar surface area (TPSA) is 53.4 Å². The van der Waals surface area contributed by atoms with E-state index in [1.165, 1.54) is 23.2 Å². The van der Waals surface area contributed by atoms with Crippen LogP contribution in [-0.4, -0.2) is 34.0 Å². The van der Waals surface area contributed by atoms with Gasteiger partial charge in [0, 0.05) is 25.0 Å². The highest BCUT2D eigenvalue weighted by Crippen LogP contribution is 2.26. The highest BCUT2D eigenvalue weighted by Gasteiger charge is 2.23. The first kappa shape index (κ1) is 19.3. The maximum absolute atomic E-state index is 11.5. The molecule has 4 heteroatoms. The number of aryl methyl sites for hydroxylation is 1.